The van der Waals surface area contributed by atoms with Crippen molar-refractivity contribution in [1.29, 1.82) is 0 Å². The maximum absolute atomic E-state index is 12.4. The molecule has 1 amide bonds. The van der Waals surface area contributed by atoms with E-state index in [9.17, 15) is 18.0 Å². The predicted octanol–water partition coefficient (Wildman–Crippen LogP) is 3.43. The molecule has 0 saturated heterocycles. The smallest absolute Gasteiger partial charge is 0.390 e. The molecule has 0 aliphatic rings. The lowest BCUT2D eigenvalue weighted by Gasteiger charge is -2.22. The average molecular weight is 319 g/mol. The SMILES string of the molecule is CCN(CCC(F)(F)F)C(=O)c1cc(OC)c(C)c(OC)c1. The maximum Gasteiger partial charge on any atom is 0.390 e. The van der Waals surface area contributed by atoms with E-state index in [4.69, 9.17) is 9.47 Å². The second kappa shape index (κ2) is 7.38. The van der Waals surface area contributed by atoms with Crippen LogP contribution in [0.2, 0.25) is 0 Å². The van der Waals surface area contributed by atoms with Crippen molar-refractivity contribution in [3.63, 3.8) is 0 Å². The normalized spacial score (nSPS) is 11.2. The van der Waals surface area contributed by atoms with E-state index in [2.05, 4.69) is 0 Å². The van der Waals surface area contributed by atoms with Crippen molar-refractivity contribution in [2.45, 2.75) is 26.4 Å². The van der Waals surface area contributed by atoms with E-state index >= 15 is 0 Å². The second-order valence-corrected chi connectivity index (χ2v) is 4.76. The highest BCUT2D eigenvalue weighted by molar-refractivity contribution is 5.95. The van der Waals surface area contributed by atoms with Crippen LogP contribution in [0.4, 0.5) is 13.2 Å². The van der Waals surface area contributed by atoms with Gasteiger partial charge < -0.3 is 14.4 Å². The lowest BCUT2D eigenvalue weighted by atomic mass is 10.1. The molecule has 0 aliphatic carbocycles. The van der Waals surface area contributed by atoms with Crippen molar-refractivity contribution in [3.05, 3.63) is 23.3 Å². The van der Waals surface area contributed by atoms with Crippen molar-refractivity contribution >= 4 is 5.91 Å². The van der Waals surface area contributed by atoms with Gasteiger partial charge in [0.2, 0.25) is 0 Å². The summed E-state index contributed by atoms with van der Waals surface area (Å²) in [6.45, 7) is 3.22. The molecule has 0 N–H and O–H groups in total. The van der Waals surface area contributed by atoms with E-state index in [1.165, 1.54) is 26.4 Å². The molecule has 0 fully saturated rings. The largest absolute Gasteiger partial charge is 0.496 e. The zero-order chi connectivity index (χ0) is 16.9. The van der Waals surface area contributed by atoms with Gasteiger partial charge in [0.1, 0.15) is 11.5 Å². The summed E-state index contributed by atoms with van der Waals surface area (Å²) in [5.41, 5.74) is 0.961. The number of benzene rings is 1. The molecule has 22 heavy (non-hydrogen) atoms. The minimum Gasteiger partial charge on any atom is -0.496 e. The lowest BCUT2D eigenvalue weighted by Crippen LogP contribution is -2.34. The highest BCUT2D eigenvalue weighted by Crippen LogP contribution is 2.30. The van der Waals surface area contributed by atoms with Crippen LogP contribution in [0.1, 0.15) is 29.3 Å². The number of halogens is 3. The van der Waals surface area contributed by atoms with Gasteiger partial charge in [-0.15, -0.1) is 0 Å². The van der Waals surface area contributed by atoms with E-state index in [1.807, 2.05) is 0 Å². The van der Waals surface area contributed by atoms with E-state index < -0.39 is 18.5 Å². The van der Waals surface area contributed by atoms with Crippen molar-refractivity contribution < 1.29 is 27.4 Å². The first-order valence-corrected chi connectivity index (χ1v) is 6.82. The average Bonchev–Trinajstić information content (AvgIpc) is 2.46. The molecule has 0 heterocycles. The molecular weight excluding hydrogens is 299 g/mol. The fourth-order valence-corrected chi connectivity index (χ4v) is 2.06. The summed E-state index contributed by atoms with van der Waals surface area (Å²) in [4.78, 5) is 13.5. The zero-order valence-corrected chi connectivity index (χ0v) is 13.1. The first-order valence-electron chi connectivity index (χ1n) is 6.82. The second-order valence-electron chi connectivity index (χ2n) is 4.76. The van der Waals surface area contributed by atoms with Crippen LogP contribution in [0.5, 0.6) is 11.5 Å². The van der Waals surface area contributed by atoms with Gasteiger partial charge in [-0.25, -0.2) is 0 Å². The highest BCUT2D eigenvalue weighted by Gasteiger charge is 2.29. The molecular formula is C15H20F3NO3. The van der Waals surface area contributed by atoms with Crippen molar-refractivity contribution in [3.8, 4) is 11.5 Å². The number of hydrogen-bond donors (Lipinski definition) is 0. The molecule has 0 aliphatic heterocycles. The molecule has 7 heteroatoms. The van der Waals surface area contributed by atoms with Crippen LogP contribution in [0.25, 0.3) is 0 Å². The Bertz CT molecular complexity index is 504. The van der Waals surface area contributed by atoms with Crippen molar-refractivity contribution in [1.82, 2.24) is 4.90 Å². The first kappa shape index (κ1) is 18.1. The molecule has 1 aromatic carbocycles. The van der Waals surface area contributed by atoms with Gasteiger partial charge in [0, 0.05) is 24.2 Å². The van der Waals surface area contributed by atoms with Crippen LogP contribution in [-0.4, -0.2) is 44.3 Å². The Balaban J connectivity index is 3.04. The molecule has 0 saturated carbocycles. The quantitative estimate of drug-likeness (QED) is 0.806. The van der Waals surface area contributed by atoms with Crippen LogP contribution >= 0.6 is 0 Å². The van der Waals surface area contributed by atoms with Gasteiger partial charge in [-0.05, 0) is 26.0 Å². The van der Waals surface area contributed by atoms with E-state index in [0.29, 0.717) is 11.5 Å². The minimum absolute atomic E-state index is 0.188. The fraction of sp³-hybridized carbons (Fsp3) is 0.533. The van der Waals surface area contributed by atoms with E-state index in [-0.39, 0.29) is 18.7 Å². The number of nitrogens with zero attached hydrogens (tertiary/aromatic N) is 1. The summed E-state index contributed by atoms with van der Waals surface area (Å²) >= 11 is 0. The number of methoxy groups -OCH3 is 2. The van der Waals surface area contributed by atoms with E-state index in [0.717, 1.165) is 10.5 Å². The van der Waals surface area contributed by atoms with Gasteiger partial charge in [0.05, 0.1) is 20.6 Å². The summed E-state index contributed by atoms with van der Waals surface area (Å²) in [5.74, 6) is 0.424. The molecule has 0 aromatic heterocycles. The Labute approximate surface area is 127 Å². The summed E-state index contributed by atoms with van der Waals surface area (Å²) in [6.07, 6.45) is -5.33. The van der Waals surface area contributed by atoms with Crippen LogP contribution in [0.3, 0.4) is 0 Å². The van der Waals surface area contributed by atoms with Crippen LogP contribution in [-0.2, 0) is 0 Å². The predicted molar refractivity (Wildman–Crippen MR) is 76.5 cm³/mol. The number of ether oxygens (including phenoxy) is 2. The summed E-state index contributed by atoms with van der Waals surface area (Å²) in [5, 5.41) is 0. The standard InChI is InChI=1S/C15H20F3NO3/c1-5-19(7-6-15(16,17)18)14(20)11-8-12(21-3)10(2)13(9-11)22-4/h8-9H,5-7H2,1-4H3. The van der Waals surface area contributed by atoms with Crippen LogP contribution < -0.4 is 9.47 Å². The molecule has 124 valence electrons. The topological polar surface area (TPSA) is 38.8 Å². The number of alkyl halides is 3. The van der Waals surface area contributed by atoms with Gasteiger partial charge >= 0.3 is 6.18 Å². The Kier molecular flexibility index (Phi) is 6.08. The number of hydrogen-bond acceptors (Lipinski definition) is 3. The van der Waals surface area contributed by atoms with Gasteiger partial charge in [-0.3, -0.25) is 4.79 Å². The summed E-state index contributed by atoms with van der Waals surface area (Å²) in [7, 11) is 2.91. The molecule has 0 atom stereocenters. The molecule has 0 spiro atoms. The van der Waals surface area contributed by atoms with Gasteiger partial charge in [0.15, 0.2) is 0 Å². The van der Waals surface area contributed by atoms with Gasteiger partial charge in [-0.1, -0.05) is 0 Å². The van der Waals surface area contributed by atoms with Crippen LogP contribution in [0.15, 0.2) is 12.1 Å². The molecule has 1 aromatic rings. The number of carbonyl (C=O) groups is 1. The number of carbonyl (C=O) groups excluding carboxylic acids is 1. The van der Waals surface area contributed by atoms with Gasteiger partial charge in [0.25, 0.3) is 5.91 Å². The summed E-state index contributed by atoms with van der Waals surface area (Å²) < 4.78 is 47.3. The molecule has 0 radical (unpaired) electrons. The highest BCUT2D eigenvalue weighted by atomic mass is 19.4. The third-order valence-electron chi connectivity index (χ3n) is 3.33. The Morgan fingerprint density at radius 3 is 2.05 bits per heavy atom. The minimum atomic E-state index is -4.30. The monoisotopic (exact) mass is 319 g/mol. The molecule has 4 nitrogen and oxygen atoms in total. The summed E-state index contributed by atoms with van der Waals surface area (Å²) in [6, 6.07) is 3.02. The zero-order valence-electron chi connectivity index (χ0n) is 13.1. The Hall–Kier alpha value is -1.92. The van der Waals surface area contributed by atoms with Crippen molar-refractivity contribution in [2.75, 3.05) is 27.3 Å². The Morgan fingerprint density at radius 1 is 1.18 bits per heavy atom. The van der Waals surface area contributed by atoms with E-state index in [1.54, 1.807) is 13.8 Å². The third kappa shape index (κ3) is 4.54. The van der Waals surface area contributed by atoms with Gasteiger partial charge in [-0.2, -0.15) is 13.2 Å². The lowest BCUT2D eigenvalue weighted by molar-refractivity contribution is -0.136. The maximum atomic E-state index is 12.4. The fourth-order valence-electron chi connectivity index (χ4n) is 2.06. The number of amides is 1. The first-order chi connectivity index (χ1) is 10.2. The molecule has 1 rings (SSSR count). The third-order valence-corrected chi connectivity index (χ3v) is 3.33. The van der Waals surface area contributed by atoms with Crippen LogP contribution in [0, 0.1) is 6.92 Å². The molecule has 0 bridgehead atoms. The molecule has 0 unspecified atom stereocenters. The van der Waals surface area contributed by atoms with Crippen molar-refractivity contribution in [2.24, 2.45) is 0 Å². The Morgan fingerprint density at radius 2 is 1.68 bits per heavy atom. The number of rotatable bonds is 6.